The van der Waals surface area contributed by atoms with E-state index in [0.29, 0.717) is 19.3 Å². The van der Waals surface area contributed by atoms with Gasteiger partial charge in [-0.1, -0.05) is 220 Å². The number of rotatable bonds is 51. The predicted molar refractivity (Wildman–Crippen MR) is 302 cm³/mol. The minimum Gasteiger partial charge on any atom is -0.462 e. The van der Waals surface area contributed by atoms with E-state index in [2.05, 4.69) is 130 Å². The van der Waals surface area contributed by atoms with Gasteiger partial charge in [-0.3, -0.25) is 14.4 Å². The van der Waals surface area contributed by atoms with Crippen LogP contribution in [0.3, 0.4) is 0 Å². The van der Waals surface area contributed by atoms with Crippen molar-refractivity contribution in [1.82, 2.24) is 0 Å². The van der Waals surface area contributed by atoms with Crippen LogP contribution >= 0.6 is 0 Å². The molecule has 70 heavy (non-hydrogen) atoms. The fourth-order valence-electron chi connectivity index (χ4n) is 7.57. The Hall–Kier alpha value is -3.93. The molecule has 0 amide bonds. The Balaban J connectivity index is 4.50. The normalized spacial score (nSPS) is 12.9. The second-order valence-electron chi connectivity index (χ2n) is 18.8. The van der Waals surface area contributed by atoms with Crippen LogP contribution in [0.4, 0.5) is 0 Å². The molecule has 0 aliphatic carbocycles. The maximum Gasteiger partial charge on any atom is 0.306 e. The first-order valence-electron chi connectivity index (χ1n) is 28.9. The van der Waals surface area contributed by atoms with Crippen molar-refractivity contribution in [1.29, 1.82) is 0 Å². The maximum absolute atomic E-state index is 12.9. The van der Waals surface area contributed by atoms with Crippen LogP contribution in [0.5, 0.6) is 0 Å². The molecule has 0 N–H and O–H groups in total. The summed E-state index contributed by atoms with van der Waals surface area (Å²) in [4.78, 5) is 38.2. The standard InChI is InChI=1S/C64H106O6/c1-4-7-10-13-16-19-22-25-28-30-32-34-36-39-42-45-48-51-54-57-63(66)69-60-61(59-68-62(65)56-53-50-47-44-41-38-27-24-21-18-15-12-9-6-3)70-64(67)58-55-52-49-46-43-40-37-35-33-31-29-26-23-20-17-14-11-8-5-2/h15-20,24-29,32-35,39,42,61H,4-14,21-23,30-31,36-38,40-41,43-60H2,1-3H3/b18-15-,19-16-,20-17-,27-24-,28-25-,29-26-,34-32-,35-33-,42-39-/t61-/m1/s1. The number of esters is 3. The van der Waals surface area contributed by atoms with Gasteiger partial charge < -0.3 is 14.2 Å². The highest BCUT2D eigenvalue weighted by molar-refractivity contribution is 5.71. The van der Waals surface area contributed by atoms with Crippen molar-refractivity contribution in [2.45, 2.75) is 264 Å². The number of carbonyl (C=O) groups is 3. The summed E-state index contributed by atoms with van der Waals surface area (Å²) < 4.78 is 16.8. The van der Waals surface area contributed by atoms with E-state index in [9.17, 15) is 14.4 Å². The molecule has 0 fully saturated rings. The summed E-state index contributed by atoms with van der Waals surface area (Å²) in [5.41, 5.74) is 0. The van der Waals surface area contributed by atoms with Gasteiger partial charge in [0, 0.05) is 19.3 Å². The lowest BCUT2D eigenvalue weighted by Gasteiger charge is -2.18. The third kappa shape index (κ3) is 55.0. The second kappa shape index (κ2) is 57.6. The Morgan fingerprint density at radius 1 is 0.286 bits per heavy atom. The molecule has 0 saturated heterocycles. The van der Waals surface area contributed by atoms with Crippen LogP contribution in [0.2, 0.25) is 0 Å². The van der Waals surface area contributed by atoms with Crippen LogP contribution in [-0.2, 0) is 28.6 Å². The Bertz CT molecular complexity index is 1440. The summed E-state index contributed by atoms with van der Waals surface area (Å²) in [7, 11) is 0. The molecule has 0 heterocycles. The lowest BCUT2D eigenvalue weighted by molar-refractivity contribution is -0.167. The van der Waals surface area contributed by atoms with Crippen molar-refractivity contribution in [2.24, 2.45) is 0 Å². The highest BCUT2D eigenvalue weighted by atomic mass is 16.6. The Morgan fingerprint density at radius 2 is 0.529 bits per heavy atom. The summed E-state index contributed by atoms with van der Waals surface area (Å²) in [6.45, 7) is 6.49. The van der Waals surface area contributed by atoms with E-state index in [4.69, 9.17) is 14.2 Å². The van der Waals surface area contributed by atoms with Crippen molar-refractivity contribution < 1.29 is 28.6 Å². The lowest BCUT2D eigenvalue weighted by Crippen LogP contribution is -2.30. The summed E-state index contributed by atoms with van der Waals surface area (Å²) in [5.74, 6) is -0.960. The van der Waals surface area contributed by atoms with Gasteiger partial charge in [0.1, 0.15) is 13.2 Å². The van der Waals surface area contributed by atoms with E-state index in [1.165, 1.54) is 83.5 Å². The van der Waals surface area contributed by atoms with Gasteiger partial charge in [-0.25, -0.2) is 0 Å². The molecule has 0 aliphatic rings. The third-order valence-electron chi connectivity index (χ3n) is 12.0. The zero-order valence-corrected chi connectivity index (χ0v) is 45.5. The molecule has 398 valence electrons. The SMILES string of the molecule is CCCC/C=C\C/C=C\CCCCCCCC(=O)OC[C@H](COC(=O)CCCCC/C=C\C/C=C\C/C=C\C/C=C\CCCCC)OC(=O)CCCCCCCC/C=C\C/C=C\C/C=C\CCCCC. The average molecular weight is 972 g/mol. The summed E-state index contributed by atoms with van der Waals surface area (Å²) in [6.07, 6.45) is 77.8. The number of hydrogen-bond acceptors (Lipinski definition) is 6. The van der Waals surface area contributed by atoms with Crippen molar-refractivity contribution in [3.63, 3.8) is 0 Å². The molecule has 0 radical (unpaired) electrons. The minimum absolute atomic E-state index is 0.103. The third-order valence-corrected chi connectivity index (χ3v) is 12.0. The Labute approximate surface area is 431 Å². The van der Waals surface area contributed by atoms with Gasteiger partial charge in [0.2, 0.25) is 0 Å². The Kier molecular flexibility index (Phi) is 54.4. The molecule has 0 aliphatic heterocycles. The molecular formula is C64H106O6. The smallest absolute Gasteiger partial charge is 0.306 e. The number of carbonyl (C=O) groups excluding carboxylic acids is 3. The molecule has 0 rings (SSSR count). The molecule has 0 aromatic carbocycles. The van der Waals surface area contributed by atoms with E-state index in [1.807, 2.05) is 0 Å². The monoisotopic (exact) mass is 971 g/mol. The maximum atomic E-state index is 12.9. The van der Waals surface area contributed by atoms with E-state index in [1.54, 1.807) is 0 Å². The average Bonchev–Trinajstić information content (AvgIpc) is 3.36. The number of hydrogen-bond donors (Lipinski definition) is 0. The van der Waals surface area contributed by atoms with Gasteiger partial charge in [0.05, 0.1) is 0 Å². The molecule has 0 bridgehead atoms. The van der Waals surface area contributed by atoms with E-state index in [-0.39, 0.29) is 31.1 Å². The first kappa shape index (κ1) is 66.1. The molecule has 0 saturated carbocycles. The topological polar surface area (TPSA) is 78.9 Å². The van der Waals surface area contributed by atoms with Crippen molar-refractivity contribution in [3.05, 3.63) is 109 Å². The van der Waals surface area contributed by atoms with E-state index < -0.39 is 6.10 Å². The molecule has 0 aromatic rings. The van der Waals surface area contributed by atoms with Crippen LogP contribution in [0.1, 0.15) is 258 Å². The van der Waals surface area contributed by atoms with Gasteiger partial charge >= 0.3 is 17.9 Å². The van der Waals surface area contributed by atoms with Crippen molar-refractivity contribution in [3.8, 4) is 0 Å². The minimum atomic E-state index is -0.807. The molecule has 6 heteroatoms. The predicted octanol–water partition coefficient (Wildman–Crippen LogP) is 19.5. The number of ether oxygens (including phenoxy) is 3. The van der Waals surface area contributed by atoms with Crippen molar-refractivity contribution in [2.75, 3.05) is 13.2 Å². The van der Waals surface area contributed by atoms with E-state index in [0.717, 1.165) is 135 Å². The molecule has 1 atom stereocenters. The van der Waals surface area contributed by atoms with Gasteiger partial charge in [0.15, 0.2) is 6.10 Å². The molecule has 0 unspecified atom stereocenters. The van der Waals surface area contributed by atoms with Crippen molar-refractivity contribution >= 4 is 17.9 Å². The number of allylic oxidation sites excluding steroid dienone is 18. The van der Waals surface area contributed by atoms with Gasteiger partial charge in [0.25, 0.3) is 0 Å². The second-order valence-corrected chi connectivity index (χ2v) is 18.8. The van der Waals surface area contributed by atoms with Crippen LogP contribution in [0.15, 0.2) is 109 Å². The quantitative estimate of drug-likeness (QED) is 0.0262. The largest absolute Gasteiger partial charge is 0.462 e. The van der Waals surface area contributed by atoms with Crippen LogP contribution in [-0.4, -0.2) is 37.2 Å². The fourth-order valence-corrected chi connectivity index (χ4v) is 7.57. The van der Waals surface area contributed by atoms with Crippen LogP contribution in [0.25, 0.3) is 0 Å². The first-order chi connectivity index (χ1) is 34.5. The summed E-state index contributed by atoms with van der Waals surface area (Å²) >= 11 is 0. The van der Waals surface area contributed by atoms with Gasteiger partial charge in [-0.15, -0.1) is 0 Å². The van der Waals surface area contributed by atoms with E-state index >= 15 is 0 Å². The summed E-state index contributed by atoms with van der Waals surface area (Å²) in [6, 6.07) is 0. The summed E-state index contributed by atoms with van der Waals surface area (Å²) in [5, 5.41) is 0. The highest BCUT2D eigenvalue weighted by Gasteiger charge is 2.19. The van der Waals surface area contributed by atoms with Crippen LogP contribution < -0.4 is 0 Å². The lowest BCUT2D eigenvalue weighted by atomic mass is 10.1. The van der Waals surface area contributed by atoms with Gasteiger partial charge in [-0.05, 0) is 128 Å². The molecule has 6 nitrogen and oxygen atoms in total. The number of unbranched alkanes of at least 4 members (excludes halogenated alkanes) is 22. The molecule has 0 aromatic heterocycles. The van der Waals surface area contributed by atoms with Crippen LogP contribution in [0, 0.1) is 0 Å². The zero-order valence-electron chi connectivity index (χ0n) is 45.5. The molecule has 0 spiro atoms. The first-order valence-corrected chi connectivity index (χ1v) is 28.9. The zero-order chi connectivity index (χ0) is 50.7. The molecular weight excluding hydrogens is 865 g/mol. The van der Waals surface area contributed by atoms with Gasteiger partial charge in [-0.2, -0.15) is 0 Å². The highest BCUT2D eigenvalue weighted by Crippen LogP contribution is 2.13. The Morgan fingerprint density at radius 3 is 0.857 bits per heavy atom. The fraction of sp³-hybridized carbons (Fsp3) is 0.672.